The number of hydrogen-bond donors (Lipinski definition) is 0. The molecule has 0 saturated carbocycles. The van der Waals surface area contributed by atoms with Gasteiger partial charge in [0.2, 0.25) is 0 Å². The van der Waals surface area contributed by atoms with E-state index in [1.807, 2.05) is 0 Å². The van der Waals surface area contributed by atoms with Crippen molar-refractivity contribution in [1.82, 2.24) is 4.90 Å². The lowest BCUT2D eigenvalue weighted by Gasteiger charge is -2.38. The molecule has 2 aliphatic heterocycles. The van der Waals surface area contributed by atoms with Crippen LogP contribution in [-0.2, 0) is 9.53 Å². The first-order valence-corrected chi connectivity index (χ1v) is 7.18. The zero-order valence-electron chi connectivity index (χ0n) is 12.0. The number of nitrogens with zero attached hydrogens (tertiary/aromatic N) is 2. The van der Waals surface area contributed by atoms with Gasteiger partial charge in [-0.3, -0.25) is 9.69 Å². The molecule has 3 rings (SSSR count). The monoisotopic (exact) mass is 294 g/mol. The summed E-state index contributed by atoms with van der Waals surface area (Å²) in [4.78, 5) is 16.0. The van der Waals surface area contributed by atoms with Gasteiger partial charge in [-0.25, -0.2) is 4.39 Å². The van der Waals surface area contributed by atoms with E-state index in [0.717, 1.165) is 38.3 Å². The fourth-order valence-electron chi connectivity index (χ4n) is 3.00. The van der Waals surface area contributed by atoms with Gasteiger partial charge >= 0.3 is 5.97 Å². The third-order valence-electron chi connectivity index (χ3n) is 4.15. The number of rotatable bonds is 3. The zero-order valence-corrected chi connectivity index (χ0v) is 12.0. The van der Waals surface area contributed by atoms with Crippen LogP contribution in [0.2, 0.25) is 0 Å². The molecular formula is C15H19FN2O3. The molecule has 6 heteroatoms. The van der Waals surface area contributed by atoms with Gasteiger partial charge in [0.05, 0.1) is 19.4 Å². The molecule has 0 amide bonds. The predicted octanol–water partition coefficient (Wildman–Crippen LogP) is 1.27. The van der Waals surface area contributed by atoms with Crippen LogP contribution >= 0.6 is 0 Å². The Morgan fingerprint density at radius 2 is 2.05 bits per heavy atom. The highest BCUT2D eigenvalue weighted by atomic mass is 19.1. The molecule has 114 valence electrons. The summed E-state index contributed by atoms with van der Waals surface area (Å²) < 4.78 is 23.5. The Morgan fingerprint density at radius 1 is 1.29 bits per heavy atom. The smallest absolute Gasteiger partial charge is 0.323 e. The highest BCUT2D eigenvalue weighted by molar-refractivity contribution is 5.77. The summed E-state index contributed by atoms with van der Waals surface area (Å²) >= 11 is 0. The Kier molecular flexibility index (Phi) is 3.96. The Labute approximate surface area is 123 Å². The van der Waals surface area contributed by atoms with Crippen LogP contribution in [0.3, 0.4) is 0 Å². The van der Waals surface area contributed by atoms with Crippen LogP contribution in [0.5, 0.6) is 5.75 Å². The summed E-state index contributed by atoms with van der Waals surface area (Å²) in [5.41, 5.74) is 0.896. The van der Waals surface area contributed by atoms with Crippen molar-refractivity contribution in [3.05, 3.63) is 24.0 Å². The fraction of sp³-hybridized carbons (Fsp3) is 0.533. The maximum Gasteiger partial charge on any atom is 0.323 e. The Morgan fingerprint density at radius 3 is 2.67 bits per heavy atom. The topological polar surface area (TPSA) is 42.0 Å². The molecule has 0 N–H and O–H groups in total. The van der Waals surface area contributed by atoms with Gasteiger partial charge in [-0.1, -0.05) is 0 Å². The number of carbonyl (C=O) groups excluding carboxylic acids is 1. The Balaban J connectivity index is 1.67. The van der Waals surface area contributed by atoms with Crippen molar-refractivity contribution in [2.24, 2.45) is 0 Å². The van der Waals surface area contributed by atoms with Gasteiger partial charge in [-0.2, -0.15) is 0 Å². The quantitative estimate of drug-likeness (QED) is 0.785. The number of ether oxygens (including phenoxy) is 2. The van der Waals surface area contributed by atoms with Crippen LogP contribution in [0.4, 0.5) is 10.1 Å². The number of methoxy groups -OCH3 is 1. The fourth-order valence-corrected chi connectivity index (χ4v) is 3.00. The van der Waals surface area contributed by atoms with Gasteiger partial charge in [-0.15, -0.1) is 0 Å². The minimum atomic E-state index is -0.303. The van der Waals surface area contributed by atoms with Crippen molar-refractivity contribution in [3.63, 3.8) is 0 Å². The van der Waals surface area contributed by atoms with E-state index < -0.39 is 0 Å². The number of cyclic esters (lactones) is 1. The highest BCUT2D eigenvalue weighted by Gasteiger charge is 2.34. The molecule has 2 fully saturated rings. The van der Waals surface area contributed by atoms with E-state index in [1.54, 1.807) is 13.2 Å². The van der Waals surface area contributed by atoms with Crippen LogP contribution in [0, 0.1) is 5.82 Å². The van der Waals surface area contributed by atoms with E-state index in [-0.39, 0.29) is 17.8 Å². The molecule has 0 aromatic heterocycles. The van der Waals surface area contributed by atoms with Gasteiger partial charge in [-0.05, 0) is 12.1 Å². The van der Waals surface area contributed by atoms with Gasteiger partial charge < -0.3 is 14.4 Å². The van der Waals surface area contributed by atoms with E-state index in [1.165, 1.54) is 12.1 Å². The number of hydrogen-bond acceptors (Lipinski definition) is 5. The Hall–Kier alpha value is -1.82. The van der Waals surface area contributed by atoms with E-state index in [0.29, 0.717) is 12.4 Å². The molecule has 0 bridgehead atoms. The van der Waals surface area contributed by atoms with Crippen molar-refractivity contribution in [3.8, 4) is 5.75 Å². The average Bonchev–Trinajstić information content (AvgIpc) is 2.93. The van der Waals surface area contributed by atoms with Crippen molar-refractivity contribution >= 4 is 11.7 Å². The van der Waals surface area contributed by atoms with Crippen LogP contribution in [0.1, 0.15) is 6.42 Å². The molecule has 1 aromatic carbocycles. The number of benzene rings is 1. The van der Waals surface area contributed by atoms with Crippen molar-refractivity contribution in [2.75, 3.05) is 44.8 Å². The third kappa shape index (κ3) is 2.81. The lowest BCUT2D eigenvalue weighted by atomic mass is 10.1. The van der Waals surface area contributed by atoms with Gasteiger partial charge in [0.15, 0.2) is 0 Å². The molecule has 0 radical (unpaired) electrons. The van der Waals surface area contributed by atoms with Crippen LogP contribution in [0.15, 0.2) is 18.2 Å². The minimum absolute atomic E-state index is 0.0951. The molecule has 5 nitrogen and oxygen atoms in total. The number of piperazine rings is 1. The van der Waals surface area contributed by atoms with Crippen molar-refractivity contribution in [2.45, 2.75) is 12.5 Å². The summed E-state index contributed by atoms with van der Waals surface area (Å²) in [5.74, 6) is 0.134. The normalized spacial score (nSPS) is 23.2. The Bertz CT molecular complexity index is 530. The summed E-state index contributed by atoms with van der Waals surface area (Å²) in [5, 5.41) is 0. The lowest BCUT2D eigenvalue weighted by molar-refractivity contribution is -0.142. The number of esters is 1. The van der Waals surface area contributed by atoms with Gasteiger partial charge in [0, 0.05) is 38.7 Å². The largest absolute Gasteiger partial charge is 0.494 e. The SMILES string of the molecule is COc1cc(F)ccc1N1CCN([C@H]2CCOC2=O)CC1. The molecule has 0 spiro atoms. The van der Waals surface area contributed by atoms with E-state index in [4.69, 9.17) is 9.47 Å². The lowest BCUT2D eigenvalue weighted by Crippen LogP contribution is -2.51. The van der Waals surface area contributed by atoms with Crippen LogP contribution in [0.25, 0.3) is 0 Å². The number of halogens is 1. The molecule has 0 aliphatic carbocycles. The molecular weight excluding hydrogens is 275 g/mol. The third-order valence-corrected chi connectivity index (χ3v) is 4.15. The highest BCUT2D eigenvalue weighted by Crippen LogP contribution is 2.30. The first-order valence-electron chi connectivity index (χ1n) is 7.18. The second-order valence-electron chi connectivity index (χ2n) is 5.31. The van der Waals surface area contributed by atoms with E-state index >= 15 is 0 Å². The molecule has 2 saturated heterocycles. The standard InChI is InChI=1S/C15H19FN2O3/c1-20-14-10-11(16)2-3-12(14)17-5-7-18(8-6-17)13-4-9-21-15(13)19/h2-3,10,13H,4-9H2,1H3/t13-/m0/s1. The summed E-state index contributed by atoms with van der Waals surface area (Å²) in [6, 6.07) is 4.49. The molecule has 1 atom stereocenters. The molecule has 2 heterocycles. The minimum Gasteiger partial charge on any atom is -0.494 e. The van der Waals surface area contributed by atoms with E-state index in [9.17, 15) is 9.18 Å². The van der Waals surface area contributed by atoms with Crippen LogP contribution < -0.4 is 9.64 Å². The van der Waals surface area contributed by atoms with Crippen molar-refractivity contribution in [1.29, 1.82) is 0 Å². The first kappa shape index (κ1) is 14.1. The van der Waals surface area contributed by atoms with E-state index in [2.05, 4.69) is 9.80 Å². The first-order chi connectivity index (χ1) is 10.2. The number of anilines is 1. The van der Waals surface area contributed by atoms with Gasteiger partial charge in [0.25, 0.3) is 0 Å². The summed E-state index contributed by atoms with van der Waals surface area (Å²) in [7, 11) is 1.54. The summed E-state index contributed by atoms with van der Waals surface area (Å²) in [6.07, 6.45) is 0.776. The number of carbonyl (C=O) groups is 1. The second kappa shape index (κ2) is 5.89. The molecule has 0 unspecified atom stereocenters. The predicted molar refractivity (Wildman–Crippen MR) is 76.1 cm³/mol. The molecule has 2 aliphatic rings. The second-order valence-corrected chi connectivity index (χ2v) is 5.31. The maximum absolute atomic E-state index is 13.3. The molecule has 1 aromatic rings. The molecule has 21 heavy (non-hydrogen) atoms. The van der Waals surface area contributed by atoms with Crippen LogP contribution in [-0.4, -0.2) is 56.8 Å². The maximum atomic E-state index is 13.3. The zero-order chi connectivity index (χ0) is 14.8. The summed E-state index contributed by atoms with van der Waals surface area (Å²) in [6.45, 7) is 3.67. The average molecular weight is 294 g/mol. The van der Waals surface area contributed by atoms with Crippen molar-refractivity contribution < 1.29 is 18.7 Å². The van der Waals surface area contributed by atoms with Gasteiger partial charge in [0.1, 0.15) is 17.6 Å².